The highest BCUT2D eigenvalue weighted by atomic mass is 19.1. The molecule has 0 radical (unpaired) electrons. The fourth-order valence-corrected chi connectivity index (χ4v) is 2.00. The first-order chi connectivity index (χ1) is 9.77. The molecule has 0 aliphatic rings. The lowest BCUT2D eigenvalue weighted by Gasteiger charge is -2.25. The summed E-state index contributed by atoms with van der Waals surface area (Å²) in [5.74, 6) is 0.901. The van der Waals surface area contributed by atoms with E-state index in [9.17, 15) is 4.39 Å². The van der Waals surface area contributed by atoms with Gasteiger partial charge in [0.15, 0.2) is 11.6 Å². The predicted molar refractivity (Wildman–Crippen MR) is 77.9 cm³/mol. The van der Waals surface area contributed by atoms with Gasteiger partial charge in [-0.15, -0.1) is 0 Å². The quantitative estimate of drug-likeness (QED) is 0.880. The molecule has 1 heterocycles. The van der Waals surface area contributed by atoms with E-state index in [1.165, 1.54) is 6.07 Å². The number of hydrogen-bond acceptors (Lipinski definition) is 4. The molecule has 2 aromatic rings. The largest absolute Gasteiger partial charge is 0.493 e. The Balaban J connectivity index is 2.44. The summed E-state index contributed by atoms with van der Waals surface area (Å²) in [5, 5.41) is 0. The summed E-state index contributed by atoms with van der Waals surface area (Å²) in [6, 6.07) is 10.2. The molecule has 20 heavy (non-hydrogen) atoms. The van der Waals surface area contributed by atoms with E-state index in [0.29, 0.717) is 30.3 Å². The summed E-state index contributed by atoms with van der Waals surface area (Å²) in [7, 11) is 1.57. The number of hydrogen-bond donors (Lipinski definition) is 1. The maximum absolute atomic E-state index is 14.0. The Morgan fingerprint density at radius 2 is 2.05 bits per heavy atom. The highest BCUT2D eigenvalue weighted by molar-refractivity contribution is 5.65. The third-order valence-electron chi connectivity index (χ3n) is 2.96. The van der Waals surface area contributed by atoms with E-state index in [2.05, 4.69) is 4.98 Å². The maximum atomic E-state index is 14.0. The average molecular weight is 275 g/mol. The van der Waals surface area contributed by atoms with Gasteiger partial charge in [0.2, 0.25) is 0 Å². The molecule has 0 amide bonds. The number of pyridine rings is 1. The number of nitrogens with zero attached hydrogens (tertiary/aromatic N) is 2. The first-order valence-corrected chi connectivity index (χ1v) is 6.49. The molecule has 5 heteroatoms. The van der Waals surface area contributed by atoms with Crippen molar-refractivity contribution in [1.82, 2.24) is 4.98 Å². The van der Waals surface area contributed by atoms with Crippen molar-refractivity contribution < 1.29 is 9.13 Å². The van der Waals surface area contributed by atoms with Gasteiger partial charge in [-0.05, 0) is 37.2 Å². The number of anilines is 2. The van der Waals surface area contributed by atoms with Gasteiger partial charge in [0.05, 0.1) is 12.8 Å². The van der Waals surface area contributed by atoms with Crippen molar-refractivity contribution in [2.75, 3.05) is 25.1 Å². The molecule has 0 saturated heterocycles. The van der Waals surface area contributed by atoms with Crippen LogP contribution in [0.3, 0.4) is 0 Å². The second kappa shape index (κ2) is 6.86. The maximum Gasteiger partial charge on any atom is 0.175 e. The lowest BCUT2D eigenvalue weighted by Crippen LogP contribution is -2.23. The Morgan fingerprint density at radius 3 is 2.75 bits per heavy atom. The summed E-state index contributed by atoms with van der Waals surface area (Å²) in [6.07, 6.45) is 2.39. The number of halogens is 1. The van der Waals surface area contributed by atoms with Crippen molar-refractivity contribution in [1.29, 1.82) is 0 Å². The number of ether oxygens (including phenoxy) is 1. The summed E-state index contributed by atoms with van der Waals surface area (Å²) >= 11 is 0. The van der Waals surface area contributed by atoms with Crippen LogP contribution < -0.4 is 15.4 Å². The molecule has 0 saturated carbocycles. The minimum absolute atomic E-state index is 0.294. The van der Waals surface area contributed by atoms with Crippen molar-refractivity contribution in [2.24, 2.45) is 5.73 Å². The number of nitrogens with two attached hydrogens (primary N) is 1. The smallest absolute Gasteiger partial charge is 0.175 e. The molecule has 2 rings (SSSR count). The molecule has 0 aliphatic carbocycles. The van der Waals surface area contributed by atoms with Crippen molar-refractivity contribution in [3.8, 4) is 5.75 Å². The van der Waals surface area contributed by atoms with E-state index < -0.39 is 0 Å². The van der Waals surface area contributed by atoms with Gasteiger partial charge in [-0.25, -0.2) is 9.37 Å². The lowest BCUT2D eigenvalue weighted by atomic mass is 10.2. The molecular formula is C15H18FN3O. The molecule has 106 valence electrons. The van der Waals surface area contributed by atoms with E-state index in [1.54, 1.807) is 48.5 Å². The van der Waals surface area contributed by atoms with Crippen LogP contribution in [0.25, 0.3) is 0 Å². The first-order valence-electron chi connectivity index (χ1n) is 6.49. The molecule has 0 atom stereocenters. The first kappa shape index (κ1) is 14.3. The summed E-state index contributed by atoms with van der Waals surface area (Å²) in [6.45, 7) is 1.10. The zero-order valence-corrected chi connectivity index (χ0v) is 11.4. The van der Waals surface area contributed by atoms with Gasteiger partial charge in [0.25, 0.3) is 0 Å². The third-order valence-corrected chi connectivity index (χ3v) is 2.96. The van der Waals surface area contributed by atoms with Gasteiger partial charge >= 0.3 is 0 Å². The molecule has 4 nitrogen and oxygen atoms in total. The van der Waals surface area contributed by atoms with E-state index >= 15 is 0 Å². The molecular weight excluding hydrogens is 257 g/mol. The zero-order chi connectivity index (χ0) is 14.4. The van der Waals surface area contributed by atoms with Crippen LogP contribution in [0, 0.1) is 5.82 Å². The average Bonchev–Trinajstić information content (AvgIpc) is 2.49. The Kier molecular flexibility index (Phi) is 4.90. The fraction of sp³-hybridized carbons (Fsp3) is 0.267. The molecule has 1 aromatic carbocycles. The van der Waals surface area contributed by atoms with Crippen molar-refractivity contribution in [3.63, 3.8) is 0 Å². The molecule has 2 N–H and O–H groups in total. The number of aromatic nitrogens is 1. The number of benzene rings is 1. The van der Waals surface area contributed by atoms with E-state index in [-0.39, 0.29) is 5.82 Å². The van der Waals surface area contributed by atoms with Gasteiger partial charge in [-0.3, -0.25) is 0 Å². The summed E-state index contributed by atoms with van der Waals surface area (Å²) in [5.41, 5.74) is 6.04. The van der Waals surface area contributed by atoms with Crippen molar-refractivity contribution in [3.05, 3.63) is 48.4 Å². The molecule has 0 bridgehead atoms. The number of para-hydroxylation sites is 1. The van der Waals surface area contributed by atoms with Crippen LogP contribution in [-0.2, 0) is 0 Å². The Bertz CT molecular complexity index is 562. The molecule has 0 unspecified atom stereocenters. The normalized spacial score (nSPS) is 10.3. The summed E-state index contributed by atoms with van der Waals surface area (Å²) < 4.78 is 19.4. The van der Waals surface area contributed by atoms with Gasteiger partial charge < -0.3 is 15.4 Å². The van der Waals surface area contributed by atoms with Gasteiger partial charge in [-0.1, -0.05) is 12.1 Å². The Labute approximate surface area is 118 Å². The fourth-order valence-electron chi connectivity index (χ4n) is 2.00. The number of rotatable bonds is 6. The van der Waals surface area contributed by atoms with Gasteiger partial charge in [-0.2, -0.15) is 0 Å². The minimum Gasteiger partial charge on any atom is -0.493 e. The van der Waals surface area contributed by atoms with Crippen LogP contribution >= 0.6 is 0 Å². The highest BCUT2D eigenvalue weighted by Crippen LogP contribution is 2.32. The van der Waals surface area contributed by atoms with E-state index in [4.69, 9.17) is 10.5 Å². The van der Waals surface area contributed by atoms with Crippen molar-refractivity contribution in [2.45, 2.75) is 6.42 Å². The van der Waals surface area contributed by atoms with Gasteiger partial charge in [0.1, 0.15) is 5.82 Å². The molecule has 0 spiro atoms. The van der Waals surface area contributed by atoms with E-state index in [1.807, 2.05) is 0 Å². The SMILES string of the molecule is COc1cccnc1N(CCCN)c1ccccc1F. The molecule has 1 aromatic heterocycles. The monoisotopic (exact) mass is 275 g/mol. The third kappa shape index (κ3) is 3.05. The van der Waals surface area contributed by atoms with Crippen molar-refractivity contribution >= 4 is 11.5 Å². The van der Waals surface area contributed by atoms with Crippen LogP contribution in [0.2, 0.25) is 0 Å². The Morgan fingerprint density at radius 1 is 1.25 bits per heavy atom. The zero-order valence-electron chi connectivity index (χ0n) is 11.4. The highest BCUT2D eigenvalue weighted by Gasteiger charge is 2.17. The lowest BCUT2D eigenvalue weighted by molar-refractivity contribution is 0.413. The standard InChI is InChI=1S/C15H18FN3O/c1-20-14-8-4-10-18-15(14)19(11-5-9-17)13-7-3-2-6-12(13)16/h2-4,6-8,10H,5,9,11,17H2,1H3. The number of methoxy groups -OCH3 is 1. The predicted octanol–water partition coefficient (Wildman–Crippen LogP) is 2.72. The van der Waals surface area contributed by atoms with Gasteiger partial charge in [0, 0.05) is 12.7 Å². The minimum atomic E-state index is -0.294. The van der Waals surface area contributed by atoms with E-state index in [0.717, 1.165) is 6.42 Å². The summed E-state index contributed by atoms with van der Waals surface area (Å²) in [4.78, 5) is 6.11. The van der Waals surface area contributed by atoms with Crippen LogP contribution in [-0.4, -0.2) is 25.2 Å². The molecule has 0 aliphatic heterocycles. The van der Waals surface area contributed by atoms with Crippen LogP contribution in [0.5, 0.6) is 5.75 Å². The topological polar surface area (TPSA) is 51.4 Å². The second-order valence-electron chi connectivity index (χ2n) is 4.27. The second-order valence-corrected chi connectivity index (χ2v) is 4.27. The Hall–Kier alpha value is -2.14. The van der Waals surface area contributed by atoms with Crippen LogP contribution in [0.1, 0.15) is 6.42 Å². The molecule has 0 fully saturated rings. The van der Waals surface area contributed by atoms with Crippen LogP contribution in [0.4, 0.5) is 15.9 Å². The van der Waals surface area contributed by atoms with Crippen LogP contribution in [0.15, 0.2) is 42.6 Å².